The molecule has 1 saturated carbocycles. The maximum atomic E-state index is 12.2. The highest BCUT2D eigenvalue weighted by molar-refractivity contribution is 5.95. The number of carbonyl (C=O) groups excluding carboxylic acids is 1. The van der Waals surface area contributed by atoms with E-state index in [0.29, 0.717) is 24.0 Å². The van der Waals surface area contributed by atoms with E-state index in [0.717, 1.165) is 68.8 Å². The Labute approximate surface area is 206 Å². The molecule has 3 N–H and O–H groups in total. The minimum atomic E-state index is -0.960. The largest absolute Gasteiger partial charge is 0.494 e. The predicted molar refractivity (Wildman–Crippen MR) is 126 cm³/mol. The fraction of sp³-hybridized carbons (Fsp3) is 0.720. The number of rotatable bonds is 11. The summed E-state index contributed by atoms with van der Waals surface area (Å²) in [5.41, 5.74) is 1.33. The van der Waals surface area contributed by atoms with Crippen molar-refractivity contribution in [3.63, 3.8) is 0 Å². The van der Waals surface area contributed by atoms with Crippen molar-refractivity contribution < 1.29 is 34.5 Å². The summed E-state index contributed by atoms with van der Waals surface area (Å²) in [5, 5.41) is 24.4. The molecule has 10 nitrogen and oxygen atoms in total. The number of carbonyl (C=O) groups is 1. The number of hydrogen-bond donors (Lipinski definition) is 3. The van der Waals surface area contributed by atoms with Crippen molar-refractivity contribution in [2.75, 3.05) is 32.8 Å². The van der Waals surface area contributed by atoms with Gasteiger partial charge in [-0.3, -0.25) is 4.79 Å². The van der Waals surface area contributed by atoms with E-state index in [1.54, 1.807) is 12.1 Å². The smallest absolute Gasteiger partial charge is 0.251 e. The van der Waals surface area contributed by atoms with Crippen LogP contribution in [0.1, 0.15) is 61.4 Å². The molecule has 1 amide bonds. The van der Waals surface area contributed by atoms with Crippen molar-refractivity contribution in [1.82, 2.24) is 15.7 Å². The third-order valence-electron chi connectivity index (χ3n) is 7.19. The molecule has 2 saturated heterocycles. The number of hydrazine groups is 1. The molecular formula is C25H39N3O7. The normalized spacial score (nSPS) is 26.9. The maximum absolute atomic E-state index is 12.2. The lowest BCUT2D eigenvalue weighted by atomic mass is 9.76. The van der Waals surface area contributed by atoms with E-state index in [1.165, 1.54) is 5.34 Å². The van der Waals surface area contributed by atoms with Crippen molar-refractivity contribution in [3.05, 3.63) is 29.3 Å². The molecule has 2 atom stereocenters. The molecule has 1 aromatic rings. The second-order valence-corrected chi connectivity index (χ2v) is 10.1. The Morgan fingerprint density at radius 1 is 1.29 bits per heavy atom. The molecule has 35 heavy (non-hydrogen) atoms. The summed E-state index contributed by atoms with van der Waals surface area (Å²) in [4.78, 5) is 28.8. The molecule has 10 heteroatoms. The first kappa shape index (κ1) is 26.3. The first-order chi connectivity index (χ1) is 16.9. The van der Waals surface area contributed by atoms with E-state index in [1.807, 2.05) is 13.0 Å². The number of aliphatic hydroxyl groups excluding tert-OH is 2. The zero-order valence-electron chi connectivity index (χ0n) is 20.7. The summed E-state index contributed by atoms with van der Waals surface area (Å²) in [7, 11) is 0. The summed E-state index contributed by atoms with van der Waals surface area (Å²) in [6, 6.07) is 5.37. The molecule has 0 spiro atoms. The minimum Gasteiger partial charge on any atom is -0.494 e. The van der Waals surface area contributed by atoms with E-state index in [4.69, 9.17) is 24.6 Å². The Bertz CT molecular complexity index is 827. The molecule has 0 bridgehead atoms. The van der Waals surface area contributed by atoms with Crippen molar-refractivity contribution in [3.8, 4) is 5.75 Å². The zero-order chi connectivity index (χ0) is 24.8. The fourth-order valence-corrected chi connectivity index (χ4v) is 4.95. The number of aryl methyl sites for hydroxylation is 1. The van der Waals surface area contributed by atoms with Gasteiger partial charge in [-0.25, -0.2) is 4.84 Å². The van der Waals surface area contributed by atoms with E-state index >= 15 is 0 Å². The number of amides is 1. The van der Waals surface area contributed by atoms with Crippen molar-refractivity contribution in [2.45, 2.75) is 64.8 Å². The molecule has 0 radical (unpaired) electrons. The summed E-state index contributed by atoms with van der Waals surface area (Å²) < 4.78 is 5.91. The highest BCUT2D eigenvalue weighted by Crippen LogP contribution is 2.39. The van der Waals surface area contributed by atoms with Gasteiger partial charge in [-0.2, -0.15) is 9.90 Å². The summed E-state index contributed by atoms with van der Waals surface area (Å²) >= 11 is 0. The number of piperidine rings is 1. The van der Waals surface area contributed by atoms with Gasteiger partial charge in [0.05, 0.1) is 19.3 Å². The highest BCUT2D eigenvalue weighted by atomic mass is 17.4. The number of hydrogen-bond acceptors (Lipinski definition) is 9. The third-order valence-corrected chi connectivity index (χ3v) is 7.19. The van der Waals surface area contributed by atoms with Crippen LogP contribution in [0.15, 0.2) is 18.2 Å². The van der Waals surface area contributed by atoms with Crippen LogP contribution in [0.4, 0.5) is 0 Å². The molecule has 2 aliphatic heterocycles. The summed E-state index contributed by atoms with van der Waals surface area (Å²) in [6.07, 6.45) is 5.22. The Balaban J connectivity index is 1.10. The van der Waals surface area contributed by atoms with Gasteiger partial charge in [-0.15, -0.1) is 0 Å². The monoisotopic (exact) mass is 493 g/mol. The molecule has 1 unspecified atom stereocenters. The van der Waals surface area contributed by atoms with Gasteiger partial charge in [0.1, 0.15) is 5.75 Å². The molecule has 2 heterocycles. The Morgan fingerprint density at radius 2 is 2.06 bits per heavy atom. The van der Waals surface area contributed by atoms with Crippen LogP contribution in [-0.4, -0.2) is 71.7 Å². The average Bonchev–Trinajstić information content (AvgIpc) is 3.33. The number of aliphatic hydroxyl groups is 2. The first-order valence-corrected chi connectivity index (χ1v) is 12.8. The lowest BCUT2D eigenvalue weighted by Gasteiger charge is -2.35. The van der Waals surface area contributed by atoms with E-state index in [2.05, 4.69) is 17.2 Å². The molecule has 1 aliphatic carbocycles. The fourth-order valence-electron chi connectivity index (χ4n) is 4.95. The highest BCUT2D eigenvalue weighted by Gasteiger charge is 2.42. The molecule has 0 aromatic heterocycles. The number of benzene rings is 1. The number of nitrogens with one attached hydrogen (secondary N) is 1. The van der Waals surface area contributed by atoms with Crippen LogP contribution >= 0.6 is 0 Å². The SMILES string of the molecule is Cc1cc(OCCCC2CCN(N3OOC(C4CC(C)C4)O3)CC2)ccc1C(=O)NC[C@H](O)CO. The second-order valence-electron chi connectivity index (χ2n) is 10.1. The Morgan fingerprint density at radius 3 is 2.74 bits per heavy atom. The molecule has 196 valence electrons. The van der Waals surface area contributed by atoms with Gasteiger partial charge in [0.25, 0.3) is 5.91 Å². The van der Waals surface area contributed by atoms with Crippen LogP contribution in [-0.2, 0) is 14.7 Å². The van der Waals surface area contributed by atoms with E-state index in [-0.39, 0.29) is 25.3 Å². The lowest BCUT2D eigenvalue weighted by molar-refractivity contribution is -0.487. The number of ether oxygens (including phenoxy) is 1. The van der Waals surface area contributed by atoms with Crippen LogP contribution < -0.4 is 10.1 Å². The van der Waals surface area contributed by atoms with Gasteiger partial charge in [-0.1, -0.05) is 11.9 Å². The standard InChI is InChI=1S/C25H39N3O7/c1-17-12-20(13-17)25-33-28(35-34-25)27-9-7-19(8-10-27)4-3-11-32-22-5-6-23(18(2)14-22)24(31)26-15-21(30)16-29/h5-6,14,17,19-21,25,29-30H,3-4,7-13,15-16H2,1-2H3,(H,26,31)/t17?,20?,21-,25?/m0/s1. The maximum Gasteiger partial charge on any atom is 0.251 e. The van der Waals surface area contributed by atoms with Crippen molar-refractivity contribution >= 4 is 5.91 Å². The van der Waals surface area contributed by atoms with Gasteiger partial charge in [0, 0.05) is 36.5 Å². The summed E-state index contributed by atoms with van der Waals surface area (Å²) in [5.74, 6) is 2.27. The van der Waals surface area contributed by atoms with Crippen molar-refractivity contribution in [2.24, 2.45) is 17.8 Å². The van der Waals surface area contributed by atoms with Gasteiger partial charge in [0.2, 0.25) is 6.29 Å². The molecule has 3 fully saturated rings. The van der Waals surface area contributed by atoms with Crippen LogP contribution in [0.2, 0.25) is 0 Å². The quantitative estimate of drug-likeness (QED) is 0.316. The average molecular weight is 494 g/mol. The summed E-state index contributed by atoms with van der Waals surface area (Å²) in [6.45, 7) is 6.10. The van der Waals surface area contributed by atoms with Gasteiger partial charge < -0.3 is 20.3 Å². The van der Waals surface area contributed by atoms with Crippen LogP contribution in [0, 0.1) is 24.7 Å². The van der Waals surface area contributed by atoms with E-state index in [9.17, 15) is 9.90 Å². The minimum absolute atomic E-state index is 0.0120. The third kappa shape index (κ3) is 7.13. The second kappa shape index (κ2) is 12.4. The Hall–Kier alpha value is -1.79. The van der Waals surface area contributed by atoms with Gasteiger partial charge >= 0.3 is 0 Å². The van der Waals surface area contributed by atoms with Crippen LogP contribution in [0.3, 0.4) is 0 Å². The zero-order valence-corrected chi connectivity index (χ0v) is 20.7. The molecule has 4 rings (SSSR count). The first-order valence-electron chi connectivity index (χ1n) is 12.8. The van der Waals surface area contributed by atoms with Crippen LogP contribution in [0.5, 0.6) is 5.75 Å². The Kier molecular flexibility index (Phi) is 9.34. The lowest BCUT2D eigenvalue weighted by Crippen LogP contribution is -2.45. The van der Waals surface area contributed by atoms with E-state index < -0.39 is 6.10 Å². The molecular weight excluding hydrogens is 454 g/mol. The van der Waals surface area contributed by atoms with Gasteiger partial charge in [0.15, 0.2) is 0 Å². The van der Waals surface area contributed by atoms with Crippen molar-refractivity contribution in [1.29, 1.82) is 0 Å². The number of nitrogens with zero attached hydrogens (tertiary/aromatic N) is 2. The molecule has 1 aromatic carbocycles. The van der Waals surface area contributed by atoms with Gasteiger partial charge in [-0.05, 0) is 81.0 Å². The predicted octanol–water partition coefficient (Wildman–Crippen LogP) is 2.35. The van der Waals surface area contributed by atoms with Crippen LogP contribution in [0.25, 0.3) is 0 Å². The molecule has 3 aliphatic rings. The topological polar surface area (TPSA) is 113 Å².